The second-order valence-electron chi connectivity index (χ2n) is 6.86. The Balaban J connectivity index is 1.91. The zero-order valence-electron chi connectivity index (χ0n) is 17.0. The van der Waals surface area contributed by atoms with E-state index in [4.69, 9.17) is 14.6 Å². The average molecular weight is 416 g/mol. The smallest absolute Gasteiger partial charge is 0.278 e. The lowest BCUT2D eigenvalue weighted by Crippen LogP contribution is -2.11. The van der Waals surface area contributed by atoms with E-state index in [1.165, 1.54) is 26.6 Å². The van der Waals surface area contributed by atoms with Gasteiger partial charge in [0.05, 0.1) is 43.6 Å². The number of hydrogen-bond donors (Lipinski definition) is 2. The Bertz CT molecular complexity index is 1040. The standard InChI is InChI=1S/C19H24N6O5/c1-12(9-26)4-5-20-18-17-19(22-10-21-18)24(11-23-17)8-13-6-15(29-2)16(30-3)7-14(13)25(27)28/h6-7,10-12,26H,4-5,8-9H2,1-3H3,(H,20,21,22). The van der Waals surface area contributed by atoms with E-state index in [-0.39, 0.29) is 30.5 Å². The van der Waals surface area contributed by atoms with E-state index in [9.17, 15) is 10.1 Å². The molecule has 0 saturated carbocycles. The van der Waals surface area contributed by atoms with Gasteiger partial charge in [-0.3, -0.25) is 10.1 Å². The fourth-order valence-electron chi connectivity index (χ4n) is 3.04. The highest BCUT2D eigenvalue weighted by Crippen LogP contribution is 2.35. The van der Waals surface area contributed by atoms with Gasteiger partial charge in [-0.25, -0.2) is 15.0 Å². The van der Waals surface area contributed by atoms with E-state index in [1.54, 1.807) is 17.0 Å². The maximum atomic E-state index is 11.6. The Kier molecular flexibility index (Phi) is 6.62. The summed E-state index contributed by atoms with van der Waals surface area (Å²) in [6, 6.07) is 2.93. The fourth-order valence-corrected chi connectivity index (χ4v) is 3.04. The number of nitrogens with zero attached hydrogens (tertiary/aromatic N) is 5. The molecule has 0 radical (unpaired) electrons. The van der Waals surface area contributed by atoms with Crippen molar-refractivity contribution in [2.45, 2.75) is 19.9 Å². The second kappa shape index (κ2) is 9.35. The molecule has 0 aliphatic heterocycles. The number of anilines is 1. The summed E-state index contributed by atoms with van der Waals surface area (Å²) in [6.45, 7) is 2.88. The monoisotopic (exact) mass is 416 g/mol. The molecule has 30 heavy (non-hydrogen) atoms. The Hall–Kier alpha value is -3.47. The summed E-state index contributed by atoms with van der Waals surface area (Å²) in [4.78, 5) is 24.0. The van der Waals surface area contributed by atoms with Crippen LogP contribution in [-0.4, -0.2) is 56.9 Å². The predicted octanol–water partition coefficient (Wildman–Crippen LogP) is 2.23. The average Bonchev–Trinajstić information content (AvgIpc) is 3.16. The number of fused-ring (bicyclic) bond motifs is 1. The second-order valence-corrected chi connectivity index (χ2v) is 6.86. The summed E-state index contributed by atoms with van der Waals surface area (Å²) in [5, 5.41) is 23.9. The van der Waals surface area contributed by atoms with Crippen LogP contribution in [0.3, 0.4) is 0 Å². The molecule has 1 atom stereocenters. The maximum Gasteiger partial charge on any atom is 0.278 e. The van der Waals surface area contributed by atoms with Crippen LogP contribution in [0.2, 0.25) is 0 Å². The number of benzene rings is 1. The lowest BCUT2D eigenvalue weighted by molar-refractivity contribution is -0.385. The normalized spacial score (nSPS) is 12.0. The fraction of sp³-hybridized carbons (Fsp3) is 0.421. The van der Waals surface area contributed by atoms with Crippen LogP contribution in [0.5, 0.6) is 11.5 Å². The van der Waals surface area contributed by atoms with E-state index >= 15 is 0 Å². The molecule has 0 saturated heterocycles. The summed E-state index contributed by atoms with van der Waals surface area (Å²) in [5.74, 6) is 1.44. The first-order valence-electron chi connectivity index (χ1n) is 9.38. The number of nitrogens with one attached hydrogen (secondary N) is 1. The van der Waals surface area contributed by atoms with Crippen LogP contribution in [-0.2, 0) is 6.54 Å². The van der Waals surface area contributed by atoms with E-state index in [2.05, 4.69) is 20.3 Å². The number of hydrogen-bond acceptors (Lipinski definition) is 9. The van der Waals surface area contributed by atoms with Gasteiger partial charge in [-0.1, -0.05) is 6.92 Å². The van der Waals surface area contributed by atoms with Crippen LogP contribution in [0, 0.1) is 16.0 Å². The third-order valence-corrected chi connectivity index (χ3v) is 4.76. The van der Waals surface area contributed by atoms with Crippen LogP contribution in [0.25, 0.3) is 11.2 Å². The molecule has 2 aromatic heterocycles. The van der Waals surface area contributed by atoms with Gasteiger partial charge in [0.2, 0.25) is 0 Å². The molecule has 2 heterocycles. The van der Waals surface area contributed by atoms with Crippen molar-refractivity contribution in [1.82, 2.24) is 19.5 Å². The summed E-state index contributed by atoms with van der Waals surface area (Å²) < 4.78 is 12.2. The zero-order chi connectivity index (χ0) is 21.7. The highest BCUT2D eigenvalue weighted by molar-refractivity contribution is 5.82. The van der Waals surface area contributed by atoms with Crippen LogP contribution in [0.15, 0.2) is 24.8 Å². The van der Waals surface area contributed by atoms with Crippen molar-refractivity contribution in [1.29, 1.82) is 0 Å². The molecule has 0 bridgehead atoms. The Morgan fingerprint density at radius 2 is 1.97 bits per heavy atom. The van der Waals surface area contributed by atoms with Crippen LogP contribution in [0.1, 0.15) is 18.9 Å². The van der Waals surface area contributed by atoms with Gasteiger partial charge in [0, 0.05) is 13.2 Å². The number of nitro groups is 1. The number of aliphatic hydroxyl groups is 1. The van der Waals surface area contributed by atoms with Gasteiger partial charge in [-0.2, -0.15) is 0 Å². The molecule has 0 aliphatic rings. The SMILES string of the molecule is COc1cc(Cn2cnc3c(NCCC(C)CO)ncnc32)c([N+](=O)[O-])cc1OC. The van der Waals surface area contributed by atoms with Crippen molar-refractivity contribution >= 4 is 22.7 Å². The minimum Gasteiger partial charge on any atom is -0.493 e. The summed E-state index contributed by atoms with van der Waals surface area (Å²) in [7, 11) is 2.90. The number of ether oxygens (including phenoxy) is 2. The summed E-state index contributed by atoms with van der Waals surface area (Å²) in [6.07, 6.45) is 3.77. The molecule has 0 aliphatic carbocycles. The van der Waals surface area contributed by atoms with E-state index in [0.717, 1.165) is 6.42 Å². The Morgan fingerprint density at radius 3 is 2.63 bits per heavy atom. The molecular formula is C19H24N6O5. The van der Waals surface area contributed by atoms with Crippen molar-refractivity contribution in [2.24, 2.45) is 5.92 Å². The molecule has 2 N–H and O–H groups in total. The number of imidazole rings is 1. The minimum atomic E-state index is -0.458. The summed E-state index contributed by atoms with van der Waals surface area (Å²) in [5.41, 5.74) is 1.46. The first kappa shape index (κ1) is 21.2. The number of aromatic nitrogens is 4. The molecule has 0 fully saturated rings. The van der Waals surface area contributed by atoms with Gasteiger partial charge < -0.3 is 24.5 Å². The third-order valence-electron chi connectivity index (χ3n) is 4.76. The largest absolute Gasteiger partial charge is 0.493 e. The minimum absolute atomic E-state index is 0.0834. The molecule has 3 rings (SSSR count). The number of aliphatic hydroxyl groups excluding tert-OH is 1. The molecule has 11 nitrogen and oxygen atoms in total. The topological polar surface area (TPSA) is 137 Å². The van der Waals surface area contributed by atoms with Crippen molar-refractivity contribution in [3.63, 3.8) is 0 Å². The molecule has 0 amide bonds. The van der Waals surface area contributed by atoms with Gasteiger partial charge in [0.1, 0.15) is 11.8 Å². The third kappa shape index (κ3) is 4.40. The molecular weight excluding hydrogens is 392 g/mol. The number of methoxy groups -OCH3 is 2. The molecule has 11 heteroatoms. The van der Waals surface area contributed by atoms with Crippen molar-refractivity contribution in [3.05, 3.63) is 40.5 Å². The van der Waals surface area contributed by atoms with Gasteiger partial charge in [0.25, 0.3) is 5.69 Å². The lowest BCUT2D eigenvalue weighted by atomic mass is 10.1. The predicted molar refractivity (Wildman–Crippen MR) is 110 cm³/mol. The van der Waals surface area contributed by atoms with Gasteiger partial charge in [-0.05, 0) is 18.4 Å². The summed E-state index contributed by atoms with van der Waals surface area (Å²) >= 11 is 0. The molecule has 0 spiro atoms. The Morgan fingerprint density at radius 1 is 1.23 bits per heavy atom. The number of nitro benzene ring substituents is 1. The first-order chi connectivity index (χ1) is 14.5. The first-order valence-corrected chi connectivity index (χ1v) is 9.38. The quantitative estimate of drug-likeness (QED) is 0.376. The Labute approximate surface area is 172 Å². The van der Waals surface area contributed by atoms with E-state index in [1.807, 2.05) is 6.92 Å². The van der Waals surface area contributed by atoms with Gasteiger partial charge >= 0.3 is 0 Å². The van der Waals surface area contributed by atoms with Crippen LogP contribution in [0.4, 0.5) is 11.5 Å². The van der Waals surface area contributed by atoms with Crippen molar-refractivity contribution in [2.75, 3.05) is 32.7 Å². The highest BCUT2D eigenvalue weighted by atomic mass is 16.6. The molecule has 1 aromatic carbocycles. The molecule has 1 unspecified atom stereocenters. The van der Waals surface area contributed by atoms with Crippen LogP contribution >= 0.6 is 0 Å². The zero-order valence-corrected chi connectivity index (χ0v) is 17.0. The lowest BCUT2D eigenvalue weighted by Gasteiger charge is -2.11. The van der Waals surface area contributed by atoms with Crippen molar-refractivity contribution < 1.29 is 19.5 Å². The maximum absolute atomic E-state index is 11.6. The highest BCUT2D eigenvalue weighted by Gasteiger charge is 2.21. The van der Waals surface area contributed by atoms with Crippen molar-refractivity contribution in [3.8, 4) is 11.5 Å². The number of rotatable bonds is 10. The van der Waals surface area contributed by atoms with Gasteiger partial charge in [-0.15, -0.1) is 0 Å². The van der Waals surface area contributed by atoms with Gasteiger partial charge in [0.15, 0.2) is 23.0 Å². The van der Waals surface area contributed by atoms with E-state index in [0.29, 0.717) is 34.8 Å². The molecule has 160 valence electrons. The molecule has 3 aromatic rings. The van der Waals surface area contributed by atoms with Crippen LogP contribution < -0.4 is 14.8 Å². The van der Waals surface area contributed by atoms with E-state index < -0.39 is 4.92 Å².